The number of nitrogens with zero attached hydrogens (tertiary/aromatic N) is 6. The number of nitrogens with one attached hydrogen (secondary N) is 1. The van der Waals surface area contributed by atoms with Gasteiger partial charge in [0.05, 0.1) is 19.8 Å². The van der Waals surface area contributed by atoms with Gasteiger partial charge < -0.3 is 20.5 Å². The predicted molar refractivity (Wildman–Crippen MR) is 161 cm³/mol. The van der Waals surface area contributed by atoms with E-state index in [0.717, 1.165) is 52.3 Å². The van der Waals surface area contributed by atoms with Gasteiger partial charge in [0.1, 0.15) is 22.8 Å². The minimum Gasteiger partial charge on any atom is -0.497 e. The van der Waals surface area contributed by atoms with Crippen LogP contribution in [0.15, 0.2) is 85.3 Å². The van der Waals surface area contributed by atoms with Gasteiger partial charge in [0.15, 0.2) is 17.3 Å². The second kappa shape index (κ2) is 10.6. The molecule has 0 amide bonds. The summed E-state index contributed by atoms with van der Waals surface area (Å²) in [6.07, 6.45) is 7.26. The monoisotopic (exact) mass is 558 g/mol. The van der Waals surface area contributed by atoms with Gasteiger partial charge in [0, 0.05) is 48.5 Å². The van der Waals surface area contributed by atoms with Crippen LogP contribution in [0.1, 0.15) is 29.2 Å². The van der Waals surface area contributed by atoms with Crippen LogP contribution in [0.4, 0.5) is 5.82 Å². The fourth-order valence-corrected chi connectivity index (χ4v) is 5.70. The fraction of sp³-hybridized carbons (Fsp3) is 0.188. The van der Waals surface area contributed by atoms with Crippen LogP contribution in [0.3, 0.4) is 0 Å². The van der Waals surface area contributed by atoms with Crippen molar-refractivity contribution in [2.24, 2.45) is 0 Å². The number of benzene rings is 2. The highest BCUT2D eigenvalue weighted by atomic mass is 16.5. The lowest BCUT2D eigenvalue weighted by molar-refractivity contribution is 0.388. The Morgan fingerprint density at radius 1 is 0.976 bits per heavy atom. The molecule has 0 unspecified atom stereocenters. The summed E-state index contributed by atoms with van der Waals surface area (Å²) in [5.74, 6) is 3.41. The van der Waals surface area contributed by atoms with Crippen molar-refractivity contribution >= 4 is 17.0 Å². The molecule has 0 fully saturated rings. The van der Waals surface area contributed by atoms with Crippen LogP contribution in [0.2, 0.25) is 0 Å². The number of imidazole rings is 1. The van der Waals surface area contributed by atoms with Gasteiger partial charge in [0.25, 0.3) is 0 Å². The van der Waals surface area contributed by atoms with Gasteiger partial charge in [0.2, 0.25) is 0 Å². The molecule has 1 aliphatic rings. The third-order valence-electron chi connectivity index (χ3n) is 7.80. The maximum absolute atomic E-state index is 6.33. The van der Waals surface area contributed by atoms with Crippen molar-refractivity contribution in [2.45, 2.75) is 25.4 Å². The van der Waals surface area contributed by atoms with E-state index in [4.69, 9.17) is 25.2 Å². The summed E-state index contributed by atoms with van der Waals surface area (Å²) in [5.41, 5.74) is 13.2. The number of hydrogen-bond acceptors (Lipinski definition) is 8. The van der Waals surface area contributed by atoms with Gasteiger partial charge in [-0.05, 0) is 72.5 Å². The van der Waals surface area contributed by atoms with Crippen LogP contribution in [0, 0.1) is 0 Å². The topological polar surface area (TPSA) is 118 Å². The van der Waals surface area contributed by atoms with Crippen LogP contribution in [-0.2, 0) is 13.0 Å². The summed E-state index contributed by atoms with van der Waals surface area (Å²) < 4.78 is 14.8. The van der Waals surface area contributed by atoms with E-state index in [1.165, 1.54) is 11.1 Å². The van der Waals surface area contributed by atoms with Gasteiger partial charge in [-0.1, -0.05) is 12.1 Å². The summed E-state index contributed by atoms with van der Waals surface area (Å²) in [5, 5.41) is 8.09. The largest absolute Gasteiger partial charge is 0.497 e. The van der Waals surface area contributed by atoms with Crippen LogP contribution in [0.5, 0.6) is 11.5 Å². The number of fused-ring (bicyclic) bond motifs is 2. The lowest BCUT2D eigenvalue weighted by Crippen LogP contribution is -2.19. The number of nitrogen functional groups attached to an aromatic ring is 1. The van der Waals surface area contributed by atoms with Crippen molar-refractivity contribution < 1.29 is 9.47 Å². The number of nitrogens with two attached hydrogens (primary N) is 1. The summed E-state index contributed by atoms with van der Waals surface area (Å²) in [4.78, 5) is 14.3. The smallest absolute Gasteiger partial charge is 0.167 e. The quantitative estimate of drug-likeness (QED) is 0.267. The normalized spacial score (nSPS) is 14.3. The number of anilines is 1. The van der Waals surface area contributed by atoms with Gasteiger partial charge in [-0.15, -0.1) is 0 Å². The molecule has 2 aromatic carbocycles. The molecule has 10 heteroatoms. The van der Waals surface area contributed by atoms with E-state index in [2.05, 4.69) is 38.2 Å². The summed E-state index contributed by atoms with van der Waals surface area (Å²) >= 11 is 0. The molecule has 3 N–H and O–H groups in total. The summed E-state index contributed by atoms with van der Waals surface area (Å²) in [7, 11) is 3.34. The van der Waals surface area contributed by atoms with Crippen molar-refractivity contribution in [1.29, 1.82) is 0 Å². The van der Waals surface area contributed by atoms with Crippen LogP contribution >= 0.6 is 0 Å². The van der Waals surface area contributed by atoms with Crippen molar-refractivity contribution in [1.82, 2.24) is 34.6 Å². The van der Waals surface area contributed by atoms with Gasteiger partial charge in [-0.3, -0.25) is 4.57 Å². The van der Waals surface area contributed by atoms with Crippen LogP contribution in [-0.4, -0.2) is 43.5 Å². The Hall–Kier alpha value is -5.22. The van der Waals surface area contributed by atoms with E-state index in [1.807, 2.05) is 54.7 Å². The molecule has 0 saturated carbocycles. The Kier molecular flexibility index (Phi) is 6.52. The molecule has 4 heterocycles. The van der Waals surface area contributed by atoms with E-state index < -0.39 is 0 Å². The number of rotatable bonds is 8. The molecule has 10 nitrogen and oxygen atoms in total. The van der Waals surface area contributed by atoms with Crippen molar-refractivity contribution in [3.63, 3.8) is 0 Å². The Labute approximate surface area is 242 Å². The number of pyridine rings is 2. The van der Waals surface area contributed by atoms with E-state index in [0.29, 0.717) is 24.0 Å². The number of ether oxygens (including phenoxy) is 2. The molecular formula is C32H30N8O2. The van der Waals surface area contributed by atoms with E-state index in [9.17, 15) is 0 Å². The van der Waals surface area contributed by atoms with Gasteiger partial charge in [-0.25, -0.2) is 19.6 Å². The molecule has 0 spiro atoms. The predicted octanol–water partition coefficient (Wildman–Crippen LogP) is 5.04. The van der Waals surface area contributed by atoms with Crippen LogP contribution in [0.25, 0.3) is 34.1 Å². The number of hydrogen-bond donors (Lipinski definition) is 2. The molecule has 0 radical (unpaired) electrons. The van der Waals surface area contributed by atoms with E-state index in [-0.39, 0.29) is 6.04 Å². The standard InChI is InChI=1S/C32H30N8O2/c1-41-23-9-6-21(28(18-23)42-2)19-35-26-11-7-20-17-22(8-10-24(20)26)40-31(25-5-3-14-34-30(25)33)37-27-12-13-29(38-32(27)40)39-16-4-15-36-39/h3-6,8-10,12-18,26,35H,7,11,19H2,1-2H3,(H2,33,34)/t26-/m0/s1. The van der Waals surface area contributed by atoms with E-state index >= 15 is 0 Å². The summed E-state index contributed by atoms with van der Waals surface area (Å²) in [6.45, 7) is 0.690. The first-order valence-corrected chi connectivity index (χ1v) is 13.8. The van der Waals surface area contributed by atoms with Crippen molar-refractivity contribution in [2.75, 3.05) is 20.0 Å². The second-order valence-electron chi connectivity index (χ2n) is 10.2. The Balaban J connectivity index is 1.26. The third-order valence-corrected chi connectivity index (χ3v) is 7.80. The second-order valence-corrected chi connectivity index (χ2v) is 10.2. The Morgan fingerprint density at radius 2 is 1.90 bits per heavy atom. The van der Waals surface area contributed by atoms with Crippen LogP contribution < -0.4 is 20.5 Å². The lowest BCUT2D eigenvalue weighted by atomic mass is 10.1. The molecule has 42 heavy (non-hydrogen) atoms. The highest BCUT2D eigenvalue weighted by Crippen LogP contribution is 2.36. The first-order chi connectivity index (χ1) is 20.6. The zero-order valence-corrected chi connectivity index (χ0v) is 23.4. The number of aryl methyl sites for hydroxylation is 1. The minimum atomic E-state index is 0.235. The fourth-order valence-electron chi connectivity index (χ4n) is 5.70. The lowest BCUT2D eigenvalue weighted by Gasteiger charge is -2.17. The van der Waals surface area contributed by atoms with Gasteiger partial charge in [-0.2, -0.15) is 5.10 Å². The molecule has 1 aliphatic carbocycles. The third kappa shape index (κ3) is 4.51. The highest BCUT2D eigenvalue weighted by molar-refractivity contribution is 5.83. The molecule has 4 aromatic heterocycles. The molecule has 0 bridgehead atoms. The maximum Gasteiger partial charge on any atom is 0.167 e. The average Bonchev–Trinajstić information content (AvgIpc) is 3.78. The molecular weight excluding hydrogens is 528 g/mol. The Morgan fingerprint density at radius 3 is 2.71 bits per heavy atom. The zero-order valence-electron chi connectivity index (χ0n) is 23.4. The zero-order chi connectivity index (χ0) is 28.6. The van der Waals surface area contributed by atoms with Crippen molar-refractivity contribution in [3.8, 4) is 34.4 Å². The average molecular weight is 559 g/mol. The first kappa shape index (κ1) is 25.7. The van der Waals surface area contributed by atoms with Gasteiger partial charge >= 0.3 is 0 Å². The molecule has 6 aromatic rings. The Bertz CT molecular complexity index is 1900. The minimum absolute atomic E-state index is 0.235. The molecule has 1 atom stereocenters. The molecule has 7 rings (SSSR count). The highest BCUT2D eigenvalue weighted by Gasteiger charge is 2.25. The molecule has 210 valence electrons. The SMILES string of the molecule is COc1ccc(CN[C@H]2CCc3cc(-n4c(-c5cccnc5N)nc5ccc(-n6cccn6)nc54)ccc32)c(OC)c1. The number of aromatic nitrogens is 6. The first-order valence-electron chi connectivity index (χ1n) is 13.8. The summed E-state index contributed by atoms with van der Waals surface area (Å²) in [6, 6.07) is 22.3. The molecule has 0 saturated heterocycles. The number of methoxy groups -OCH3 is 2. The molecule has 0 aliphatic heterocycles. The van der Waals surface area contributed by atoms with Crippen molar-refractivity contribution in [3.05, 3.63) is 102 Å². The van der Waals surface area contributed by atoms with E-state index in [1.54, 1.807) is 31.3 Å². The maximum atomic E-state index is 6.33.